The van der Waals surface area contributed by atoms with Crippen LogP contribution < -0.4 is 5.32 Å². The van der Waals surface area contributed by atoms with E-state index >= 15 is 0 Å². The van der Waals surface area contributed by atoms with Gasteiger partial charge in [0, 0.05) is 28.9 Å². The van der Waals surface area contributed by atoms with E-state index < -0.39 is 28.2 Å². The van der Waals surface area contributed by atoms with E-state index in [1.807, 2.05) is 6.92 Å². The van der Waals surface area contributed by atoms with Crippen LogP contribution in [-0.2, 0) is 20.4 Å². The van der Waals surface area contributed by atoms with Crippen LogP contribution in [0.4, 0.5) is 4.79 Å². The lowest BCUT2D eigenvalue weighted by Crippen LogP contribution is -2.64. The van der Waals surface area contributed by atoms with E-state index in [1.54, 1.807) is 6.26 Å². The predicted octanol–water partition coefficient (Wildman–Crippen LogP) is 1.17. The summed E-state index contributed by atoms with van der Waals surface area (Å²) in [7, 11) is -0.994. The highest BCUT2D eigenvalue weighted by molar-refractivity contribution is 7.84. The summed E-state index contributed by atoms with van der Waals surface area (Å²) in [5.74, 6) is -0.814. The molecule has 2 fully saturated rings. The average molecular weight is 314 g/mol. The number of nitrogens with one attached hydrogen (secondary N) is 1. The summed E-state index contributed by atoms with van der Waals surface area (Å²) in [5, 5.41) is 2.23. The third kappa shape index (κ3) is 3.02. The first kappa shape index (κ1) is 16.1. The van der Waals surface area contributed by atoms with Crippen molar-refractivity contribution >= 4 is 28.6 Å². The molecular weight excluding hydrogens is 292 g/mol. The van der Waals surface area contributed by atoms with Gasteiger partial charge < -0.3 is 0 Å². The van der Waals surface area contributed by atoms with Crippen molar-refractivity contribution in [2.24, 2.45) is 5.41 Å². The van der Waals surface area contributed by atoms with E-state index in [9.17, 15) is 18.6 Å². The zero-order valence-electron chi connectivity index (χ0n) is 12.5. The van der Waals surface area contributed by atoms with E-state index in [-0.39, 0.29) is 17.7 Å². The highest BCUT2D eigenvalue weighted by Crippen LogP contribution is 2.40. The molecule has 118 valence electrons. The first-order chi connectivity index (χ1) is 9.88. The van der Waals surface area contributed by atoms with E-state index in [1.165, 1.54) is 0 Å². The zero-order valence-corrected chi connectivity index (χ0v) is 13.3. The fourth-order valence-corrected chi connectivity index (χ4v) is 3.45. The van der Waals surface area contributed by atoms with Gasteiger partial charge in [-0.1, -0.05) is 26.2 Å². The highest BCUT2D eigenvalue weighted by atomic mass is 32.2. The van der Waals surface area contributed by atoms with Crippen LogP contribution >= 0.6 is 0 Å². The number of hydrogen-bond acceptors (Lipinski definition) is 4. The molecule has 0 aromatic heterocycles. The van der Waals surface area contributed by atoms with Gasteiger partial charge in [-0.2, -0.15) is 0 Å². The molecule has 2 rings (SSSR count). The normalized spacial score (nSPS) is 24.9. The SMILES string of the molecule is CC(CCN1C(=O)NC(=O)C2(CCCCC2)C1=O)S(C)=O. The molecule has 6 nitrogen and oxygen atoms in total. The van der Waals surface area contributed by atoms with Crippen molar-refractivity contribution in [2.75, 3.05) is 12.8 Å². The zero-order chi connectivity index (χ0) is 15.6. The van der Waals surface area contributed by atoms with Crippen molar-refractivity contribution in [3.63, 3.8) is 0 Å². The molecule has 1 spiro atoms. The van der Waals surface area contributed by atoms with Crippen molar-refractivity contribution < 1.29 is 18.6 Å². The topological polar surface area (TPSA) is 83.6 Å². The number of urea groups is 1. The Morgan fingerprint density at radius 3 is 2.43 bits per heavy atom. The minimum absolute atomic E-state index is 0.0921. The maximum Gasteiger partial charge on any atom is 0.330 e. The third-order valence-corrected chi connectivity index (χ3v) is 5.96. The molecule has 7 heteroatoms. The third-order valence-electron chi connectivity index (χ3n) is 4.59. The molecule has 0 bridgehead atoms. The molecule has 1 saturated carbocycles. The van der Waals surface area contributed by atoms with Crippen molar-refractivity contribution in [3.8, 4) is 0 Å². The van der Waals surface area contributed by atoms with E-state index in [4.69, 9.17) is 0 Å². The second-order valence-corrected chi connectivity index (χ2v) is 7.76. The number of rotatable bonds is 4. The van der Waals surface area contributed by atoms with Crippen LogP contribution in [0.5, 0.6) is 0 Å². The molecule has 1 aliphatic carbocycles. The largest absolute Gasteiger partial charge is 0.330 e. The number of hydrogen-bond donors (Lipinski definition) is 1. The summed E-state index contributed by atoms with van der Waals surface area (Å²) in [6.45, 7) is 2.03. The van der Waals surface area contributed by atoms with Gasteiger partial charge in [0.2, 0.25) is 11.8 Å². The second-order valence-electron chi connectivity index (χ2n) is 5.96. The summed E-state index contributed by atoms with van der Waals surface area (Å²) in [6, 6.07) is -0.643. The van der Waals surface area contributed by atoms with Crippen molar-refractivity contribution in [3.05, 3.63) is 0 Å². The predicted molar refractivity (Wildman–Crippen MR) is 78.9 cm³/mol. The summed E-state index contributed by atoms with van der Waals surface area (Å²) < 4.78 is 11.4. The van der Waals surface area contributed by atoms with Crippen LogP contribution in [0.15, 0.2) is 0 Å². The van der Waals surface area contributed by atoms with Gasteiger partial charge in [-0.05, 0) is 19.3 Å². The fourth-order valence-electron chi connectivity index (χ4n) is 3.01. The first-order valence-electron chi connectivity index (χ1n) is 7.38. The Kier molecular flexibility index (Phi) is 4.81. The smallest absolute Gasteiger partial charge is 0.277 e. The Morgan fingerprint density at radius 2 is 1.86 bits per heavy atom. The fraction of sp³-hybridized carbons (Fsp3) is 0.786. The maximum absolute atomic E-state index is 12.7. The minimum Gasteiger partial charge on any atom is -0.277 e. The molecule has 21 heavy (non-hydrogen) atoms. The Balaban J connectivity index is 2.13. The van der Waals surface area contributed by atoms with Gasteiger partial charge in [-0.25, -0.2) is 4.79 Å². The van der Waals surface area contributed by atoms with Crippen molar-refractivity contribution in [1.29, 1.82) is 0 Å². The number of nitrogens with zero attached hydrogens (tertiary/aromatic N) is 1. The Labute approximate surface area is 127 Å². The highest BCUT2D eigenvalue weighted by Gasteiger charge is 2.53. The summed E-state index contributed by atoms with van der Waals surface area (Å²) in [4.78, 5) is 37.9. The summed E-state index contributed by atoms with van der Waals surface area (Å²) in [6.07, 6.45) is 5.78. The molecule has 0 radical (unpaired) electrons. The average Bonchev–Trinajstić information content (AvgIpc) is 2.46. The number of imide groups is 2. The van der Waals surface area contributed by atoms with Crippen molar-refractivity contribution in [2.45, 2.75) is 50.7 Å². The lowest BCUT2D eigenvalue weighted by atomic mass is 9.71. The monoisotopic (exact) mass is 314 g/mol. The number of carbonyl (C=O) groups is 3. The first-order valence-corrected chi connectivity index (χ1v) is 9.00. The van der Waals surface area contributed by atoms with Gasteiger partial charge >= 0.3 is 6.03 Å². The number of barbiturate groups is 1. The van der Waals surface area contributed by atoms with Crippen LogP contribution in [0.3, 0.4) is 0 Å². The molecule has 1 saturated heterocycles. The molecule has 1 N–H and O–H groups in total. The second kappa shape index (κ2) is 6.25. The molecule has 1 aliphatic heterocycles. The van der Waals surface area contributed by atoms with Crippen LogP contribution in [-0.4, -0.2) is 45.0 Å². The van der Waals surface area contributed by atoms with E-state index in [0.717, 1.165) is 24.2 Å². The standard InChI is InChI=1S/C14H22N2O4S/c1-10(21(2)20)6-9-16-12(18)14(7-4-3-5-8-14)11(17)15-13(16)19/h10H,3-9H2,1-2H3,(H,15,17,19). The number of amides is 4. The summed E-state index contributed by atoms with van der Waals surface area (Å²) in [5.41, 5.74) is -1.05. The van der Waals surface area contributed by atoms with Gasteiger partial charge in [0.15, 0.2) is 0 Å². The van der Waals surface area contributed by atoms with Gasteiger partial charge in [0.05, 0.1) is 0 Å². The Morgan fingerprint density at radius 1 is 1.24 bits per heavy atom. The molecule has 2 aliphatic rings. The summed E-state index contributed by atoms with van der Waals surface area (Å²) >= 11 is 0. The molecule has 0 aromatic carbocycles. The quantitative estimate of drug-likeness (QED) is 0.790. The molecule has 0 aromatic rings. The van der Waals surface area contributed by atoms with Gasteiger partial charge in [-0.15, -0.1) is 0 Å². The van der Waals surface area contributed by atoms with E-state index in [0.29, 0.717) is 19.3 Å². The van der Waals surface area contributed by atoms with Crippen LogP contribution in [0.2, 0.25) is 0 Å². The van der Waals surface area contributed by atoms with Gasteiger partial charge in [0.1, 0.15) is 5.41 Å². The molecular formula is C14H22N2O4S. The maximum atomic E-state index is 12.7. The Hall–Kier alpha value is -1.24. The van der Waals surface area contributed by atoms with Crippen LogP contribution in [0.1, 0.15) is 45.4 Å². The lowest BCUT2D eigenvalue weighted by molar-refractivity contribution is -0.153. The van der Waals surface area contributed by atoms with Gasteiger partial charge in [0.25, 0.3) is 0 Å². The molecule has 4 amide bonds. The van der Waals surface area contributed by atoms with Crippen LogP contribution in [0, 0.1) is 5.41 Å². The lowest BCUT2D eigenvalue weighted by Gasteiger charge is -2.41. The number of carbonyl (C=O) groups excluding carboxylic acids is 3. The molecule has 2 atom stereocenters. The van der Waals surface area contributed by atoms with Crippen molar-refractivity contribution in [1.82, 2.24) is 10.2 Å². The van der Waals surface area contributed by atoms with E-state index in [2.05, 4.69) is 5.32 Å². The Bertz CT molecular complexity index is 485. The van der Waals surface area contributed by atoms with Crippen LogP contribution in [0.25, 0.3) is 0 Å². The molecule has 1 heterocycles. The minimum atomic E-state index is -1.05. The van der Waals surface area contributed by atoms with Gasteiger partial charge in [-0.3, -0.25) is 24.0 Å². The molecule has 2 unspecified atom stereocenters.